The van der Waals surface area contributed by atoms with Crippen LogP contribution in [-0.4, -0.2) is 36.8 Å². The molecule has 1 saturated carbocycles. The highest BCUT2D eigenvalue weighted by molar-refractivity contribution is 6.30. The predicted octanol–water partition coefficient (Wildman–Crippen LogP) is 1.49. The number of benzene rings is 1. The van der Waals surface area contributed by atoms with Gasteiger partial charge >= 0.3 is 0 Å². The van der Waals surface area contributed by atoms with E-state index in [2.05, 4.69) is 10.6 Å². The number of amides is 1. The number of aliphatic hydroxyl groups is 1. The zero-order valence-electron chi connectivity index (χ0n) is 11.6. The van der Waals surface area contributed by atoms with Gasteiger partial charge in [0, 0.05) is 30.6 Å². The predicted molar refractivity (Wildman–Crippen MR) is 85.0 cm³/mol. The second-order valence-electron chi connectivity index (χ2n) is 5.78. The van der Waals surface area contributed by atoms with Crippen molar-refractivity contribution in [2.24, 2.45) is 5.92 Å². The first-order chi connectivity index (χ1) is 9.62. The number of aliphatic hydroxyl groups excluding tert-OH is 1. The van der Waals surface area contributed by atoms with Crippen LogP contribution in [0.1, 0.15) is 18.4 Å². The largest absolute Gasteiger partial charge is 0.391 e. The molecule has 1 amide bonds. The maximum absolute atomic E-state index is 12.4. The Hall–Kier alpha value is -0.810. The van der Waals surface area contributed by atoms with Crippen molar-refractivity contribution < 1.29 is 9.90 Å². The van der Waals surface area contributed by atoms with E-state index in [1.807, 2.05) is 24.3 Å². The summed E-state index contributed by atoms with van der Waals surface area (Å²) in [6.07, 6.45) is 1.40. The summed E-state index contributed by atoms with van der Waals surface area (Å²) in [4.78, 5) is 12.4. The van der Waals surface area contributed by atoms with Crippen molar-refractivity contribution >= 4 is 29.9 Å². The number of rotatable bonds is 4. The van der Waals surface area contributed by atoms with Crippen molar-refractivity contribution in [3.05, 3.63) is 34.9 Å². The Bertz CT molecular complexity index is 503. The Labute approximate surface area is 135 Å². The van der Waals surface area contributed by atoms with Gasteiger partial charge in [0.15, 0.2) is 0 Å². The molecule has 1 aliphatic heterocycles. The fourth-order valence-corrected chi connectivity index (χ4v) is 2.99. The standard InChI is InChI=1S/C15H19ClN2O2.ClH/c16-12-3-1-11(2-4-12)15(5-6-15)14(20)18-8-10-7-17-9-13(10)19;/h1-4,10,13,17,19H,5-9H2,(H,18,20);1H. The van der Waals surface area contributed by atoms with E-state index in [-0.39, 0.29) is 35.8 Å². The molecule has 0 bridgehead atoms. The molecule has 1 saturated heterocycles. The van der Waals surface area contributed by atoms with Crippen molar-refractivity contribution in [1.82, 2.24) is 10.6 Å². The van der Waals surface area contributed by atoms with E-state index in [1.165, 1.54) is 0 Å². The average Bonchev–Trinajstić information content (AvgIpc) is 3.15. The maximum Gasteiger partial charge on any atom is 0.230 e. The molecule has 2 fully saturated rings. The monoisotopic (exact) mass is 330 g/mol. The number of nitrogens with one attached hydrogen (secondary N) is 2. The lowest BCUT2D eigenvalue weighted by Gasteiger charge is -2.19. The lowest BCUT2D eigenvalue weighted by molar-refractivity contribution is -0.123. The SMILES string of the molecule is Cl.O=C(NCC1CNCC1O)C1(c2ccc(Cl)cc2)CC1. The first kappa shape index (κ1) is 16.6. The summed E-state index contributed by atoms with van der Waals surface area (Å²) in [5.74, 6) is 0.180. The summed E-state index contributed by atoms with van der Waals surface area (Å²) in [5.41, 5.74) is 0.659. The van der Waals surface area contributed by atoms with Crippen molar-refractivity contribution in [2.75, 3.05) is 19.6 Å². The number of β-amino-alcohol motifs (C(OH)–C–C–N with tert-alkyl or cyclic N) is 1. The fraction of sp³-hybridized carbons (Fsp3) is 0.533. The second-order valence-corrected chi connectivity index (χ2v) is 6.22. The van der Waals surface area contributed by atoms with E-state index in [0.29, 0.717) is 18.1 Å². The Morgan fingerprint density at radius 2 is 2.00 bits per heavy atom. The van der Waals surface area contributed by atoms with Crippen LogP contribution < -0.4 is 10.6 Å². The summed E-state index contributed by atoms with van der Waals surface area (Å²) >= 11 is 5.89. The van der Waals surface area contributed by atoms with E-state index < -0.39 is 0 Å². The number of carbonyl (C=O) groups is 1. The molecule has 3 N–H and O–H groups in total. The second kappa shape index (κ2) is 6.53. The van der Waals surface area contributed by atoms with E-state index in [4.69, 9.17) is 11.6 Å². The molecule has 2 unspecified atom stereocenters. The molecule has 1 aromatic carbocycles. The Balaban J connectivity index is 0.00000161. The zero-order chi connectivity index (χ0) is 14.2. The fourth-order valence-electron chi connectivity index (χ4n) is 2.86. The minimum Gasteiger partial charge on any atom is -0.391 e. The van der Waals surface area contributed by atoms with Crippen LogP contribution in [0.25, 0.3) is 0 Å². The van der Waals surface area contributed by atoms with Crippen molar-refractivity contribution in [2.45, 2.75) is 24.4 Å². The minimum absolute atomic E-state index is 0. The lowest BCUT2D eigenvalue weighted by atomic mass is 9.94. The summed E-state index contributed by atoms with van der Waals surface area (Å²) < 4.78 is 0. The Morgan fingerprint density at radius 3 is 2.52 bits per heavy atom. The van der Waals surface area contributed by atoms with Gasteiger partial charge in [0.05, 0.1) is 11.5 Å². The highest BCUT2D eigenvalue weighted by Gasteiger charge is 2.51. The van der Waals surface area contributed by atoms with Crippen molar-refractivity contribution in [3.8, 4) is 0 Å². The maximum atomic E-state index is 12.4. The molecule has 116 valence electrons. The van der Waals surface area contributed by atoms with Crippen LogP contribution in [-0.2, 0) is 10.2 Å². The average molecular weight is 331 g/mol. The topological polar surface area (TPSA) is 61.4 Å². The van der Waals surface area contributed by atoms with E-state index in [0.717, 1.165) is 24.9 Å². The molecule has 0 spiro atoms. The number of hydrogen-bond donors (Lipinski definition) is 3. The van der Waals surface area contributed by atoms with Gasteiger partial charge in [-0.2, -0.15) is 0 Å². The molecule has 21 heavy (non-hydrogen) atoms. The van der Waals surface area contributed by atoms with E-state index >= 15 is 0 Å². The molecule has 2 aliphatic rings. The van der Waals surface area contributed by atoms with Gasteiger partial charge in [-0.25, -0.2) is 0 Å². The normalized spacial score (nSPS) is 26.0. The Morgan fingerprint density at radius 1 is 1.33 bits per heavy atom. The van der Waals surface area contributed by atoms with Crippen LogP contribution in [0.3, 0.4) is 0 Å². The third-order valence-corrected chi connectivity index (χ3v) is 4.66. The molecule has 1 heterocycles. The van der Waals surface area contributed by atoms with Gasteiger partial charge in [0.1, 0.15) is 0 Å². The summed E-state index contributed by atoms with van der Waals surface area (Å²) in [6, 6.07) is 7.52. The smallest absolute Gasteiger partial charge is 0.230 e. The van der Waals surface area contributed by atoms with Crippen molar-refractivity contribution in [3.63, 3.8) is 0 Å². The molecular weight excluding hydrogens is 311 g/mol. The molecule has 0 radical (unpaired) electrons. The molecule has 3 rings (SSSR count). The van der Waals surface area contributed by atoms with Gasteiger partial charge in [-0.1, -0.05) is 23.7 Å². The van der Waals surface area contributed by atoms with Crippen molar-refractivity contribution in [1.29, 1.82) is 0 Å². The van der Waals surface area contributed by atoms with Gasteiger partial charge in [0.2, 0.25) is 5.91 Å². The summed E-state index contributed by atoms with van der Waals surface area (Å²) in [7, 11) is 0. The number of carbonyl (C=O) groups excluding carboxylic acids is 1. The molecule has 1 aliphatic carbocycles. The molecule has 6 heteroatoms. The van der Waals surface area contributed by atoms with Gasteiger partial charge in [-0.15, -0.1) is 12.4 Å². The quantitative estimate of drug-likeness (QED) is 0.783. The highest BCUT2D eigenvalue weighted by Crippen LogP contribution is 2.48. The molecule has 1 aromatic rings. The summed E-state index contributed by atoms with van der Waals surface area (Å²) in [5, 5.41) is 16.5. The Kier molecular flexibility index (Phi) is 5.15. The molecular formula is C15H20Cl2N2O2. The van der Waals surface area contributed by atoms with Crippen LogP contribution in [0.2, 0.25) is 5.02 Å². The summed E-state index contributed by atoms with van der Waals surface area (Å²) in [6.45, 7) is 1.90. The molecule has 4 nitrogen and oxygen atoms in total. The highest BCUT2D eigenvalue weighted by atomic mass is 35.5. The molecule has 0 aromatic heterocycles. The lowest BCUT2D eigenvalue weighted by Crippen LogP contribution is -2.40. The third kappa shape index (κ3) is 3.34. The van der Waals surface area contributed by atoms with Gasteiger partial charge < -0.3 is 15.7 Å². The number of hydrogen-bond acceptors (Lipinski definition) is 3. The first-order valence-electron chi connectivity index (χ1n) is 7.05. The zero-order valence-corrected chi connectivity index (χ0v) is 13.2. The van der Waals surface area contributed by atoms with E-state index in [9.17, 15) is 9.90 Å². The van der Waals surface area contributed by atoms with Gasteiger partial charge in [-0.05, 0) is 30.5 Å². The van der Waals surface area contributed by atoms with E-state index in [1.54, 1.807) is 0 Å². The third-order valence-electron chi connectivity index (χ3n) is 4.41. The van der Waals surface area contributed by atoms with Crippen LogP contribution in [0.5, 0.6) is 0 Å². The molecule has 2 atom stereocenters. The first-order valence-corrected chi connectivity index (χ1v) is 7.43. The van der Waals surface area contributed by atoms with Crippen LogP contribution in [0.15, 0.2) is 24.3 Å². The van der Waals surface area contributed by atoms with Crippen LogP contribution in [0, 0.1) is 5.92 Å². The number of halogens is 2. The van der Waals surface area contributed by atoms with Crippen LogP contribution >= 0.6 is 24.0 Å². The van der Waals surface area contributed by atoms with Crippen LogP contribution in [0.4, 0.5) is 0 Å². The minimum atomic E-state index is -0.373. The van der Waals surface area contributed by atoms with Gasteiger partial charge in [0.25, 0.3) is 0 Å². The van der Waals surface area contributed by atoms with Gasteiger partial charge in [-0.3, -0.25) is 4.79 Å².